The second-order valence-corrected chi connectivity index (χ2v) is 4.95. The zero-order valence-electron chi connectivity index (χ0n) is 10.7. The third-order valence-corrected chi connectivity index (χ3v) is 3.03. The van der Waals surface area contributed by atoms with E-state index >= 15 is 0 Å². The van der Waals surface area contributed by atoms with Gasteiger partial charge in [-0.2, -0.15) is 0 Å². The molecule has 6 nitrogen and oxygen atoms in total. The first-order valence-corrected chi connectivity index (χ1v) is 6.33. The molecular formula is C10H19N5OS. The van der Waals surface area contributed by atoms with Crippen molar-refractivity contribution in [1.82, 2.24) is 20.0 Å². The lowest BCUT2D eigenvalue weighted by molar-refractivity contribution is 0.0785. The molecule has 0 aliphatic rings. The summed E-state index contributed by atoms with van der Waals surface area (Å²) in [6.07, 6.45) is 0. The predicted octanol–water partition coefficient (Wildman–Crippen LogP) is 0.603. The van der Waals surface area contributed by atoms with Crippen LogP contribution in [-0.2, 0) is 0 Å². The highest BCUT2D eigenvalue weighted by Gasteiger charge is 2.16. The van der Waals surface area contributed by atoms with Crippen LogP contribution in [0.1, 0.15) is 16.7 Å². The molecule has 0 aliphatic carbocycles. The van der Waals surface area contributed by atoms with E-state index in [4.69, 9.17) is 0 Å². The van der Waals surface area contributed by atoms with Crippen LogP contribution in [0.15, 0.2) is 0 Å². The normalized spacial score (nSPS) is 10.6. The second kappa shape index (κ2) is 6.51. The lowest BCUT2D eigenvalue weighted by Crippen LogP contribution is -2.33. The SMILES string of the molecule is CCNc1nnc(C(=O)N(C)CCN(C)C)s1. The number of hydrogen-bond acceptors (Lipinski definition) is 6. The fourth-order valence-electron chi connectivity index (χ4n) is 1.15. The van der Waals surface area contributed by atoms with Gasteiger partial charge in [-0.25, -0.2) is 0 Å². The molecule has 0 radical (unpaired) electrons. The first kappa shape index (κ1) is 13.9. The lowest BCUT2D eigenvalue weighted by atomic mass is 10.5. The molecule has 1 amide bonds. The van der Waals surface area contributed by atoms with Crippen molar-refractivity contribution in [2.24, 2.45) is 0 Å². The highest BCUT2D eigenvalue weighted by atomic mass is 32.1. The van der Waals surface area contributed by atoms with Crippen LogP contribution < -0.4 is 5.32 Å². The molecule has 7 heteroatoms. The Kier molecular flexibility index (Phi) is 5.30. The molecule has 0 saturated carbocycles. The van der Waals surface area contributed by atoms with Gasteiger partial charge in [0.15, 0.2) is 0 Å². The number of hydrogen-bond donors (Lipinski definition) is 1. The zero-order chi connectivity index (χ0) is 12.8. The fourth-order valence-corrected chi connectivity index (χ4v) is 1.95. The third-order valence-electron chi connectivity index (χ3n) is 2.17. The number of anilines is 1. The minimum atomic E-state index is -0.0755. The average molecular weight is 257 g/mol. The monoisotopic (exact) mass is 257 g/mol. The summed E-state index contributed by atoms with van der Waals surface area (Å²) >= 11 is 1.29. The van der Waals surface area contributed by atoms with E-state index in [9.17, 15) is 4.79 Å². The van der Waals surface area contributed by atoms with Gasteiger partial charge in [0.1, 0.15) is 0 Å². The molecule has 1 N–H and O–H groups in total. The largest absolute Gasteiger partial charge is 0.360 e. The molecule has 0 bridgehead atoms. The Bertz CT molecular complexity index is 365. The van der Waals surface area contributed by atoms with Gasteiger partial charge in [0.25, 0.3) is 5.91 Å². The van der Waals surface area contributed by atoms with E-state index in [1.165, 1.54) is 11.3 Å². The van der Waals surface area contributed by atoms with Gasteiger partial charge in [-0.1, -0.05) is 11.3 Å². The standard InChI is InChI=1S/C10H19N5OS/c1-5-11-10-13-12-8(17-10)9(16)15(4)7-6-14(2)3/h5-7H2,1-4H3,(H,11,13). The van der Waals surface area contributed by atoms with Crippen LogP contribution >= 0.6 is 11.3 Å². The van der Waals surface area contributed by atoms with Crippen molar-refractivity contribution in [2.45, 2.75) is 6.92 Å². The average Bonchev–Trinajstić information content (AvgIpc) is 2.74. The van der Waals surface area contributed by atoms with E-state index < -0.39 is 0 Å². The van der Waals surface area contributed by atoms with E-state index in [0.717, 1.165) is 13.1 Å². The van der Waals surface area contributed by atoms with Gasteiger partial charge >= 0.3 is 0 Å². The van der Waals surface area contributed by atoms with Crippen molar-refractivity contribution in [3.63, 3.8) is 0 Å². The maximum Gasteiger partial charge on any atom is 0.284 e. The number of aromatic nitrogens is 2. The highest BCUT2D eigenvalue weighted by Crippen LogP contribution is 2.16. The number of amides is 1. The molecule has 0 aromatic carbocycles. The highest BCUT2D eigenvalue weighted by molar-refractivity contribution is 7.17. The summed E-state index contributed by atoms with van der Waals surface area (Å²) in [4.78, 5) is 15.7. The predicted molar refractivity (Wildman–Crippen MR) is 69.6 cm³/mol. The van der Waals surface area contributed by atoms with Gasteiger partial charge in [-0.05, 0) is 21.0 Å². The van der Waals surface area contributed by atoms with E-state index in [1.54, 1.807) is 11.9 Å². The van der Waals surface area contributed by atoms with Crippen molar-refractivity contribution in [3.8, 4) is 0 Å². The van der Waals surface area contributed by atoms with Crippen LogP contribution in [0.4, 0.5) is 5.13 Å². The number of likely N-dealkylation sites (N-methyl/N-ethyl adjacent to an activating group) is 2. The number of carbonyl (C=O) groups excluding carboxylic acids is 1. The van der Waals surface area contributed by atoms with Crippen LogP contribution in [0.5, 0.6) is 0 Å². The molecule has 1 heterocycles. The van der Waals surface area contributed by atoms with Gasteiger partial charge < -0.3 is 15.1 Å². The summed E-state index contributed by atoms with van der Waals surface area (Å²) in [7, 11) is 5.74. The molecule has 1 aromatic rings. The molecule has 0 atom stereocenters. The Morgan fingerprint density at radius 3 is 2.59 bits per heavy atom. The first-order chi connectivity index (χ1) is 8.04. The van der Waals surface area contributed by atoms with Crippen LogP contribution in [-0.4, -0.2) is 66.7 Å². The molecule has 1 aromatic heterocycles. The Morgan fingerprint density at radius 1 is 1.29 bits per heavy atom. The van der Waals surface area contributed by atoms with Crippen LogP contribution in [0.25, 0.3) is 0 Å². The Balaban J connectivity index is 2.55. The van der Waals surface area contributed by atoms with Crippen LogP contribution in [0.2, 0.25) is 0 Å². The van der Waals surface area contributed by atoms with Crippen molar-refractivity contribution in [1.29, 1.82) is 0 Å². The number of nitrogens with zero attached hydrogens (tertiary/aromatic N) is 4. The van der Waals surface area contributed by atoms with Gasteiger partial charge in [-0.3, -0.25) is 4.79 Å². The summed E-state index contributed by atoms with van der Waals surface area (Å²) in [6, 6.07) is 0. The maximum atomic E-state index is 12.0. The minimum absolute atomic E-state index is 0.0755. The van der Waals surface area contributed by atoms with Gasteiger partial charge in [-0.15, -0.1) is 10.2 Å². The molecule has 0 spiro atoms. The molecule has 0 fully saturated rings. The summed E-state index contributed by atoms with van der Waals surface area (Å²) in [5, 5.41) is 12.0. The second-order valence-electron chi connectivity index (χ2n) is 3.97. The Hall–Kier alpha value is -1.21. The molecule has 0 aliphatic heterocycles. The summed E-state index contributed by atoms with van der Waals surface area (Å²) in [5.74, 6) is -0.0755. The van der Waals surface area contributed by atoms with Gasteiger partial charge in [0, 0.05) is 26.7 Å². The van der Waals surface area contributed by atoms with Crippen molar-refractivity contribution in [3.05, 3.63) is 5.01 Å². The minimum Gasteiger partial charge on any atom is -0.360 e. The van der Waals surface area contributed by atoms with E-state index in [2.05, 4.69) is 15.5 Å². The maximum absolute atomic E-state index is 12.0. The Morgan fingerprint density at radius 2 is 2.00 bits per heavy atom. The number of carbonyl (C=O) groups is 1. The molecular weight excluding hydrogens is 238 g/mol. The number of rotatable bonds is 6. The van der Waals surface area contributed by atoms with Crippen LogP contribution in [0.3, 0.4) is 0 Å². The van der Waals surface area contributed by atoms with Crippen LogP contribution in [0, 0.1) is 0 Å². The van der Waals surface area contributed by atoms with Crippen molar-refractivity contribution < 1.29 is 4.79 Å². The van der Waals surface area contributed by atoms with Crippen molar-refractivity contribution in [2.75, 3.05) is 46.1 Å². The summed E-state index contributed by atoms with van der Waals surface area (Å²) in [5.41, 5.74) is 0. The van der Waals surface area contributed by atoms with E-state index in [-0.39, 0.29) is 5.91 Å². The lowest BCUT2D eigenvalue weighted by Gasteiger charge is -2.18. The van der Waals surface area contributed by atoms with Gasteiger partial charge in [0.05, 0.1) is 0 Å². The molecule has 0 unspecified atom stereocenters. The third kappa shape index (κ3) is 4.27. The number of nitrogens with one attached hydrogen (secondary N) is 1. The van der Waals surface area contributed by atoms with E-state index in [0.29, 0.717) is 16.7 Å². The molecule has 96 valence electrons. The molecule has 17 heavy (non-hydrogen) atoms. The smallest absolute Gasteiger partial charge is 0.284 e. The fraction of sp³-hybridized carbons (Fsp3) is 0.700. The summed E-state index contributed by atoms with van der Waals surface area (Å²) in [6.45, 7) is 4.27. The summed E-state index contributed by atoms with van der Waals surface area (Å²) < 4.78 is 0. The quantitative estimate of drug-likeness (QED) is 0.809. The zero-order valence-corrected chi connectivity index (χ0v) is 11.5. The van der Waals surface area contributed by atoms with Crippen molar-refractivity contribution >= 4 is 22.4 Å². The first-order valence-electron chi connectivity index (χ1n) is 5.52. The van der Waals surface area contributed by atoms with E-state index in [1.807, 2.05) is 25.9 Å². The Labute approximate surface area is 106 Å². The molecule has 0 saturated heterocycles. The molecule has 1 rings (SSSR count). The topological polar surface area (TPSA) is 61.4 Å². The van der Waals surface area contributed by atoms with Gasteiger partial charge in [0.2, 0.25) is 10.1 Å².